The summed E-state index contributed by atoms with van der Waals surface area (Å²) in [7, 11) is -2.62. The topological polar surface area (TPSA) is 121 Å². The van der Waals surface area contributed by atoms with Crippen molar-refractivity contribution in [3.8, 4) is 17.2 Å². The van der Waals surface area contributed by atoms with Crippen molar-refractivity contribution in [1.82, 2.24) is 0 Å². The number of aryl methyl sites for hydroxylation is 3. The Labute approximate surface area is 200 Å². The molecule has 0 bridgehead atoms. The van der Waals surface area contributed by atoms with Crippen LogP contribution < -0.4 is 0 Å². The van der Waals surface area contributed by atoms with Crippen molar-refractivity contribution >= 4 is 46.5 Å². The molecule has 0 saturated heterocycles. The average molecular weight is 503 g/mol. The molecule has 3 aromatic rings. The minimum Gasteiger partial charge on any atom is -0.508 e. The van der Waals surface area contributed by atoms with E-state index in [0.29, 0.717) is 17.2 Å². The standard InChI is InChI=1S/3C7H8OS.H3O3P/c3*1-5-4-6(8)2-3-7(5)9;1-4(2)3/h3*2-4,8-9H,1H3;1-3H. The van der Waals surface area contributed by atoms with Gasteiger partial charge in [-0.05, 0) is 92.1 Å². The highest BCUT2D eigenvalue weighted by atomic mass is 32.1. The van der Waals surface area contributed by atoms with Crippen molar-refractivity contribution in [2.45, 2.75) is 35.5 Å². The van der Waals surface area contributed by atoms with Gasteiger partial charge in [0.15, 0.2) is 0 Å². The first-order valence-corrected chi connectivity index (χ1v) is 11.2. The lowest BCUT2D eigenvalue weighted by molar-refractivity contribution is 0.368. The molecule has 0 heterocycles. The molecule has 0 amide bonds. The highest BCUT2D eigenvalue weighted by Crippen LogP contribution is 2.19. The first kappa shape index (κ1) is 29.4. The number of benzene rings is 3. The van der Waals surface area contributed by atoms with E-state index in [1.165, 1.54) is 0 Å². The normalized spacial score (nSPS) is 9.48. The predicted octanol–water partition coefficient (Wildman–Crippen LogP) is 5.16. The van der Waals surface area contributed by atoms with E-state index in [4.69, 9.17) is 30.0 Å². The molecule has 6 nitrogen and oxygen atoms in total. The largest absolute Gasteiger partial charge is 0.508 e. The lowest BCUT2D eigenvalue weighted by Gasteiger charge is -1.96. The minimum atomic E-state index is -2.62. The maximum atomic E-state index is 8.90. The van der Waals surface area contributed by atoms with Gasteiger partial charge in [-0.3, -0.25) is 0 Å². The number of phenols is 3. The molecule has 0 aromatic heterocycles. The number of hydrogen-bond acceptors (Lipinski definition) is 9. The maximum Gasteiger partial charge on any atom is 0.324 e. The molecule has 0 aliphatic rings. The zero-order valence-corrected chi connectivity index (χ0v) is 20.7. The van der Waals surface area contributed by atoms with E-state index in [0.717, 1.165) is 31.4 Å². The molecule has 10 heteroatoms. The first-order chi connectivity index (χ1) is 14.3. The van der Waals surface area contributed by atoms with Gasteiger partial charge in [0.2, 0.25) is 0 Å². The fourth-order valence-corrected chi connectivity index (χ4v) is 2.34. The fraction of sp³-hybridized carbons (Fsp3) is 0.143. The summed E-state index contributed by atoms with van der Waals surface area (Å²) in [4.78, 5) is 24.4. The summed E-state index contributed by atoms with van der Waals surface area (Å²) in [6.45, 7) is 5.71. The van der Waals surface area contributed by atoms with Gasteiger partial charge in [-0.15, -0.1) is 37.9 Å². The maximum absolute atomic E-state index is 8.90. The van der Waals surface area contributed by atoms with Gasteiger partial charge in [0.25, 0.3) is 0 Å². The summed E-state index contributed by atoms with van der Waals surface area (Å²) in [5, 5.41) is 26.7. The number of phenolic OH excluding ortho intramolecular Hbond substituents is 3. The predicted molar refractivity (Wildman–Crippen MR) is 134 cm³/mol. The van der Waals surface area contributed by atoms with E-state index >= 15 is 0 Å². The number of aromatic hydroxyl groups is 3. The Morgan fingerprint density at radius 3 is 0.839 bits per heavy atom. The van der Waals surface area contributed by atoms with Crippen molar-refractivity contribution in [2.24, 2.45) is 0 Å². The van der Waals surface area contributed by atoms with Crippen LogP contribution in [0, 0.1) is 20.8 Å². The Morgan fingerprint density at radius 1 is 0.516 bits per heavy atom. The van der Waals surface area contributed by atoms with Gasteiger partial charge in [-0.1, -0.05) is 0 Å². The third-order valence-corrected chi connectivity index (χ3v) is 5.05. The zero-order valence-electron chi connectivity index (χ0n) is 17.2. The molecular weight excluding hydrogens is 475 g/mol. The Morgan fingerprint density at radius 2 is 0.710 bits per heavy atom. The molecule has 170 valence electrons. The zero-order chi connectivity index (χ0) is 24.1. The third kappa shape index (κ3) is 14.2. The molecule has 3 rings (SSSR count). The van der Waals surface area contributed by atoms with Crippen molar-refractivity contribution < 1.29 is 30.0 Å². The molecule has 0 atom stereocenters. The van der Waals surface area contributed by atoms with Crippen LogP contribution in [0.3, 0.4) is 0 Å². The van der Waals surface area contributed by atoms with Crippen LogP contribution in [0.5, 0.6) is 17.2 Å². The molecular formula is C21H27O6PS3. The molecule has 6 N–H and O–H groups in total. The Hall–Kier alpha value is -1.58. The molecule has 0 saturated carbocycles. The van der Waals surface area contributed by atoms with Gasteiger partial charge in [0.05, 0.1) is 0 Å². The quantitative estimate of drug-likeness (QED) is 0.155. The van der Waals surface area contributed by atoms with Gasteiger partial charge in [-0.25, -0.2) is 0 Å². The smallest absolute Gasteiger partial charge is 0.324 e. The number of rotatable bonds is 0. The van der Waals surface area contributed by atoms with Crippen molar-refractivity contribution in [3.05, 3.63) is 71.3 Å². The van der Waals surface area contributed by atoms with Crippen LogP contribution in [0.15, 0.2) is 69.3 Å². The first-order valence-electron chi connectivity index (χ1n) is 8.66. The van der Waals surface area contributed by atoms with Crippen LogP contribution in [0.25, 0.3) is 0 Å². The second kappa shape index (κ2) is 15.3. The molecule has 0 radical (unpaired) electrons. The molecule has 31 heavy (non-hydrogen) atoms. The van der Waals surface area contributed by atoms with Crippen molar-refractivity contribution in [1.29, 1.82) is 0 Å². The van der Waals surface area contributed by atoms with E-state index < -0.39 is 8.60 Å². The molecule has 3 aromatic carbocycles. The molecule has 0 aliphatic carbocycles. The lowest BCUT2D eigenvalue weighted by Crippen LogP contribution is -1.73. The van der Waals surface area contributed by atoms with E-state index in [2.05, 4.69) is 37.9 Å². The lowest BCUT2D eigenvalue weighted by atomic mass is 10.2. The Bertz CT molecular complexity index is 834. The summed E-state index contributed by atoms with van der Waals surface area (Å²) in [5.41, 5.74) is 3.00. The monoisotopic (exact) mass is 502 g/mol. The summed E-state index contributed by atoms with van der Waals surface area (Å²) in [6.07, 6.45) is 0. The van der Waals surface area contributed by atoms with Crippen molar-refractivity contribution in [3.63, 3.8) is 0 Å². The second-order valence-corrected chi connectivity index (χ2v) is 8.16. The van der Waals surface area contributed by atoms with Crippen LogP contribution >= 0.6 is 46.5 Å². The van der Waals surface area contributed by atoms with Crippen LogP contribution in [0.1, 0.15) is 16.7 Å². The molecule has 0 spiro atoms. The van der Waals surface area contributed by atoms with Gasteiger partial charge in [0, 0.05) is 14.7 Å². The van der Waals surface area contributed by atoms with Gasteiger partial charge in [-0.2, -0.15) is 0 Å². The van der Waals surface area contributed by atoms with E-state index in [-0.39, 0.29) is 0 Å². The van der Waals surface area contributed by atoms with E-state index in [1.54, 1.807) is 54.6 Å². The summed E-state index contributed by atoms with van der Waals surface area (Å²) in [5.74, 6) is 0.890. The van der Waals surface area contributed by atoms with E-state index in [9.17, 15) is 0 Å². The molecule has 0 unspecified atom stereocenters. The summed E-state index contributed by atoms with van der Waals surface area (Å²) >= 11 is 12.4. The van der Waals surface area contributed by atoms with Gasteiger partial charge in [0.1, 0.15) is 17.2 Å². The highest BCUT2D eigenvalue weighted by Gasteiger charge is 1.93. The minimum absolute atomic E-state index is 0.297. The van der Waals surface area contributed by atoms with Gasteiger partial charge >= 0.3 is 8.60 Å². The average Bonchev–Trinajstić information content (AvgIpc) is 2.66. The SMILES string of the molecule is Cc1cc(O)ccc1S.Cc1cc(O)ccc1S.Cc1cc(O)ccc1S.OP(O)O. The Kier molecular flexibility index (Phi) is 14.5. The summed E-state index contributed by atoms with van der Waals surface area (Å²) in [6, 6.07) is 15.2. The fourth-order valence-electron chi connectivity index (χ4n) is 1.92. The number of thiol groups is 3. The van der Waals surface area contributed by atoms with Crippen LogP contribution in [-0.4, -0.2) is 30.0 Å². The van der Waals surface area contributed by atoms with Crippen LogP contribution in [0.2, 0.25) is 0 Å². The highest BCUT2D eigenvalue weighted by molar-refractivity contribution is 7.80. The van der Waals surface area contributed by atoms with Crippen LogP contribution in [-0.2, 0) is 0 Å². The molecule has 0 aliphatic heterocycles. The third-order valence-electron chi connectivity index (χ3n) is 3.54. The van der Waals surface area contributed by atoms with Crippen LogP contribution in [0.4, 0.5) is 0 Å². The second-order valence-electron chi connectivity index (χ2n) is 6.18. The van der Waals surface area contributed by atoms with Crippen molar-refractivity contribution in [2.75, 3.05) is 0 Å². The summed E-state index contributed by atoms with van der Waals surface area (Å²) < 4.78 is 0. The van der Waals surface area contributed by atoms with E-state index in [1.807, 2.05) is 20.8 Å². The Balaban J connectivity index is 0.000000402. The number of hydrogen-bond donors (Lipinski definition) is 9. The van der Waals surface area contributed by atoms with Gasteiger partial charge < -0.3 is 30.0 Å². The molecule has 0 fully saturated rings.